The quantitative estimate of drug-likeness (QED) is 0.788. The molecule has 4 nitrogen and oxygen atoms in total. The largest absolute Gasteiger partial charge is 0.441 e. The minimum atomic E-state index is 0.549. The van der Waals surface area contributed by atoms with Crippen LogP contribution < -0.4 is 5.73 Å². The van der Waals surface area contributed by atoms with E-state index < -0.39 is 0 Å². The van der Waals surface area contributed by atoms with Crippen LogP contribution in [0.3, 0.4) is 0 Å². The molecule has 4 heteroatoms. The van der Waals surface area contributed by atoms with Crippen LogP contribution in [0.15, 0.2) is 35.1 Å². The molecule has 14 heavy (non-hydrogen) atoms. The Morgan fingerprint density at radius 1 is 1.36 bits per heavy atom. The van der Waals surface area contributed by atoms with Crippen molar-refractivity contribution in [3.63, 3.8) is 0 Å². The van der Waals surface area contributed by atoms with Crippen LogP contribution in [0.4, 0.5) is 0 Å². The lowest BCUT2D eigenvalue weighted by Gasteiger charge is -1.93. The highest BCUT2D eigenvalue weighted by Crippen LogP contribution is 2.18. The van der Waals surface area contributed by atoms with Gasteiger partial charge in [0.2, 0.25) is 0 Å². The van der Waals surface area contributed by atoms with Crippen LogP contribution in [-0.2, 0) is 6.42 Å². The predicted octanol–water partition coefficient (Wildman–Crippen LogP) is 1.24. The van der Waals surface area contributed by atoms with Crippen molar-refractivity contribution < 1.29 is 4.42 Å². The molecule has 0 aromatic carbocycles. The smallest absolute Gasteiger partial charge is 0.196 e. The van der Waals surface area contributed by atoms with Crippen LogP contribution in [0, 0.1) is 0 Å². The molecule has 0 saturated heterocycles. The van der Waals surface area contributed by atoms with Crippen LogP contribution >= 0.6 is 0 Å². The fourth-order valence-electron chi connectivity index (χ4n) is 1.19. The van der Waals surface area contributed by atoms with Gasteiger partial charge in [-0.25, -0.2) is 4.98 Å². The number of hydrogen-bond donors (Lipinski definition) is 1. The first-order chi connectivity index (χ1) is 6.90. The minimum Gasteiger partial charge on any atom is -0.441 e. The SMILES string of the molecule is NCCc1ncc(-c2cccnc2)o1. The highest BCUT2D eigenvalue weighted by atomic mass is 16.4. The average Bonchev–Trinajstić information content (AvgIpc) is 2.68. The van der Waals surface area contributed by atoms with Gasteiger partial charge < -0.3 is 10.2 Å². The Labute approximate surface area is 81.8 Å². The molecule has 0 aliphatic rings. The molecule has 2 aromatic rings. The van der Waals surface area contributed by atoms with E-state index in [1.54, 1.807) is 18.6 Å². The molecular formula is C10H11N3O. The average molecular weight is 189 g/mol. The Hall–Kier alpha value is -1.68. The number of pyridine rings is 1. The molecule has 0 radical (unpaired) electrons. The Morgan fingerprint density at radius 2 is 2.29 bits per heavy atom. The Kier molecular flexibility index (Phi) is 2.55. The van der Waals surface area contributed by atoms with E-state index in [0.29, 0.717) is 18.9 Å². The van der Waals surface area contributed by atoms with Crippen LogP contribution in [-0.4, -0.2) is 16.5 Å². The number of oxazole rings is 1. The summed E-state index contributed by atoms with van der Waals surface area (Å²) in [4.78, 5) is 8.11. The molecule has 2 heterocycles. The van der Waals surface area contributed by atoms with Crippen molar-refractivity contribution in [2.75, 3.05) is 6.54 Å². The van der Waals surface area contributed by atoms with Crippen molar-refractivity contribution in [2.24, 2.45) is 5.73 Å². The first-order valence-corrected chi connectivity index (χ1v) is 4.45. The van der Waals surface area contributed by atoms with E-state index >= 15 is 0 Å². The zero-order valence-corrected chi connectivity index (χ0v) is 7.68. The lowest BCUT2D eigenvalue weighted by atomic mass is 10.2. The number of nitrogens with zero attached hydrogens (tertiary/aromatic N) is 2. The van der Waals surface area contributed by atoms with E-state index in [2.05, 4.69) is 9.97 Å². The lowest BCUT2D eigenvalue weighted by molar-refractivity contribution is 0.508. The van der Waals surface area contributed by atoms with Gasteiger partial charge in [0.1, 0.15) is 0 Å². The zero-order chi connectivity index (χ0) is 9.80. The minimum absolute atomic E-state index is 0.549. The van der Waals surface area contributed by atoms with Crippen molar-refractivity contribution >= 4 is 0 Å². The van der Waals surface area contributed by atoms with E-state index in [0.717, 1.165) is 11.3 Å². The number of nitrogens with two attached hydrogens (primary N) is 1. The fraction of sp³-hybridized carbons (Fsp3) is 0.200. The van der Waals surface area contributed by atoms with E-state index in [1.807, 2.05) is 12.1 Å². The normalized spacial score (nSPS) is 10.4. The van der Waals surface area contributed by atoms with Gasteiger partial charge in [-0.1, -0.05) is 0 Å². The molecule has 0 spiro atoms. The summed E-state index contributed by atoms with van der Waals surface area (Å²) in [5.41, 5.74) is 6.33. The molecule has 2 rings (SSSR count). The van der Waals surface area contributed by atoms with Gasteiger partial charge in [0.15, 0.2) is 11.7 Å². The molecule has 0 bridgehead atoms. The van der Waals surface area contributed by atoms with Crippen LogP contribution in [0.5, 0.6) is 0 Å². The summed E-state index contributed by atoms with van der Waals surface area (Å²) >= 11 is 0. The van der Waals surface area contributed by atoms with Crippen molar-refractivity contribution in [2.45, 2.75) is 6.42 Å². The van der Waals surface area contributed by atoms with E-state index in [9.17, 15) is 0 Å². The molecule has 0 unspecified atom stereocenters. The fourth-order valence-corrected chi connectivity index (χ4v) is 1.19. The van der Waals surface area contributed by atoms with Crippen molar-refractivity contribution in [3.8, 4) is 11.3 Å². The summed E-state index contributed by atoms with van der Waals surface area (Å²) in [6.45, 7) is 0.549. The van der Waals surface area contributed by atoms with Crippen molar-refractivity contribution in [3.05, 3.63) is 36.6 Å². The third-order valence-electron chi connectivity index (χ3n) is 1.86. The highest BCUT2D eigenvalue weighted by Gasteiger charge is 2.04. The molecule has 2 aromatic heterocycles. The monoisotopic (exact) mass is 189 g/mol. The first kappa shape index (κ1) is 8.90. The molecule has 0 aliphatic carbocycles. The van der Waals surface area contributed by atoms with Gasteiger partial charge in [0.05, 0.1) is 6.20 Å². The van der Waals surface area contributed by atoms with E-state index in [-0.39, 0.29) is 0 Å². The van der Waals surface area contributed by atoms with Gasteiger partial charge in [-0.05, 0) is 12.1 Å². The van der Waals surface area contributed by atoms with Gasteiger partial charge in [-0.3, -0.25) is 4.98 Å². The van der Waals surface area contributed by atoms with Crippen LogP contribution in [0.2, 0.25) is 0 Å². The molecular weight excluding hydrogens is 178 g/mol. The Morgan fingerprint density at radius 3 is 3.00 bits per heavy atom. The maximum Gasteiger partial charge on any atom is 0.196 e. The summed E-state index contributed by atoms with van der Waals surface area (Å²) < 4.78 is 5.48. The number of rotatable bonds is 3. The molecule has 72 valence electrons. The summed E-state index contributed by atoms with van der Waals surface area (Å²) in [6, 6.07) is 3.79. The highest BCUT2D eigenvalue weighted by molar-refractivity contribution is 5.54. The van der Waals surface area contributed by atoms with E-state index in [4.69, 9.17) is 10.2 Å². The first-order valence-electron chi connectivity index (χ1n) is 4.45. The third-order valence-corrected chi connectivity index (χ3v) is 1.86. The van der Waals surface area contributed by atoms with Gasteiger partial charge in [0, 0.05) is 30.9 Å². The van der Waals surface area contributed by atoms with E-state index in [1.165, 1.54) is 0 Å². The second-order valence-corrected chi connectivity index (χ2v) is 2.90. The Bertz CT molecular complexity index is 397. The summed E-state index contributed by atoms with van der Waals surface area (Å²) in [5.74, 6) is 1.41. The maximum atomic E-state index is 5.48. The molecule has 0 saturated carbocycles. The molecule has 0 amide bonds. The van der Waals surface area contributed by atoms with Gasteiger partial charge in [-0.15, -0.1) is 0 Å². The third kappa shape index (κ3) is 1.80. The molecule has 2 N–H and O–H groups in total. The summed E-state index contributed by atoms with van der Waals surface area (Å²) in [5, 5.41) is 0. The Balaban J connectivity index is 2.25. The molecule has 0 fully saturated rings. The van der Waals surface area contributed by atoms with Gasteiger partial charge >= 0.3 is 0 Å². The van der Waals surface area contributed by atoms with Gasteiger partial charge in [-0.2, -0.15) is 0 Å². The summed E-state index contributed by atoms with van der Waals surface area (Å²) in [7, 11) is 0. The lowest BCUT2D eigenvalue weighted by Crippen LogP contribution is -2.02. The maximum absolute atomic E-state index is 5.48. The van der Waals surface area contributed by atoms with Crippen LogP contribution in [0.25, 0.3) is 11.3 Å². The van der Waals surface area contributed by atoms with Crippen molar-refractivity contribution in [1.29, 1.82) is 0 Å². The molecule has 0 aliphatic heterocycles. The second kappa shape index (κ2) is 4.02. The summed E-state index contributed by atoms with van der Waals surface area (Å²) in [6.07, 6.45) is 5.83. The van der Waals surface area contributed by atoms with Gasteiger partial charge in [0.25, 0.3) is 0 Å². The topological polar surface area (TPSA) is 64.9 Å². The van der Waals surface area contributed by atoms with Crippen LogP contribution in [0.1, 0.15) is 5.89 Å². The standard InChI is InChI=1S/C10H11N3O/c11-4-3-10-13-7-9(14-10)8-2-1-5-12-6-8/h1-2,5-7H,3-4,11H2. The second-order valence-electron chi connectivity index (χ2n) is 2.90. The van der Waals surface area contributed by atoms with Crippen molar-refractivity contribution in [1.82, 2.24) is 9.97 Å². The number of hydrogen-bond acceptors (Lipinski definition) is 4. The number of aromatic nitrogens is 2. The predicted molar refractivity (Wildman–Crippen MR) is 52.5 cm³/mol. The zero-order valence-electron chi connectivity index (χ0n) is 7.68. The molecule has 0 atom stereocenters.